The van der Waals surface area contributed by atoms with Gasteiger partial charge in [-0.1, -0.05) is 17.3 Å². The average molecular weight is 500 g/mol. The lowest BCUT2D eigenvalue weighted by molar-refractivity contribution is -0.131. The van der Waals surface area contributed by atoms with Crippen LogP contribution in [0.5, 0.6) is 0 Å². The maximum absolute atomic E-state index is 13.3. The lowest BCUT2D eigenvalue weighted by atomic mass is 10.1. The molecule has 2 aromatic heterocycles. The van der Waals surface area contributed by atoms with Crippen molar-refractivity contribution in [2.45, 2.75) is 6.42 Å². The van der Waals surface area contributed by atoms with Crippen LogP contribution in [0.15, 0.2) is 54.9 Å². The Morgan fingerprint density at radius 3 is 2.24 bits per heavy atom. The molecule has 11 nitrogen and oxygen atoms in total. The summed E-state index contributed by atoms with van der Waals surface area (Å²) < 4.78 is 14.8. The molecule has 2 aliphatic heterocycles. The van der Waals surface area contributed by atoms with Gasteiger partial charge >= 0.3 is 0 Å². The van der Waals surface area contributed by atoms with Crippen molar-refractivity contribution in [3.05, 3.63) is 71.8 Å². The number of amides is 3. The molecule has 2 aromatic carbocycles. The number of carbonyl (C=O) groups is 3. The molecule has 4 heterocycles. The number of imide groups is 1. The Balaban J connectivity index is 1.10. The molecular formula is C25H21FN8O3. The summed E-state index contributed by atoms with van der Waals surface area (Å²) in [7, 11) is 0. The zero-order chi connectivity index (χ0) is 25.5. The highest BCUT2D eigenvalue weighted by molar-refractivity contribution is 6.21. The van der Waals surface area contributed by atoms with Gasteiger partial charge in [0.2, 0.25) is 5.91 Å². The largest absolute Gasteiger partial charge is 0.351 e. The maximum Gasteiger partial charge on any atom is 0.261 e. The first-order valence-electron chi connectivity index (χ1n) is 11.8. The normalized spacial score (nSPS) is 15.5. The van der Waals surface area contributed by atoms with Gasteiger partial charge < -0.3 is 9.80 Å². The Labute approximate surface area is 210 Å². The Hall–Kier alpha value is -4.74. The van der Waals surface area contributed by atoms with Crippen molar-refractivity contribution in [3.63, 3.8) is 0 Å². The highest BCUT2D eigenvalue weighted by atomic mass is 19.1. The van der Waals surface area contributed by atoms with E-state index in [1.807, 2.05) is 4.90 Å². The molecule has 0 bridgehead atoms. The van der Waals surface area contributed by atoms with Crippen molar-refractivity contribution < 1.29 is 18.8 Å². The molecular weight excluding hydrogens is 479 g/mol. The number of halogens is 1. The van der Waals surface area contributed by atoms with E-state index in [0.717, 1.165) is 4.90 Å². The molecule has 186 valence electrons. The molecule has 12 heteroatoms. The SMILES string of the molecule is O=C(CCN1C(=O)c2ccccc2C1=O)N1CCN(c2ncnc3c2nnn3-c2ccc(F)cc2)CC1. The molecule has 0 atom stereocenters. The van der Waals surface area contributed by atoms with E-state index in [9.17, 15) is 18.8 Å². The number of aromatic nitrogens is 5. The zero-order valence-electron chi connectivity index (χ0n) is 19.6. The van der Waals surface area contributed by atoms with Gasteiger partial charge in [-0.2, -0.15) is 4.68 Å². The molecule has 4 aromatic rings. The van der Waals surface area contributed by atoms with Gasteiger partial charge in [-0.15, -0.1) is 5.10 Å². The van der Waals surface area contributed by atoms with E-state index in [-0.39, 0.29) is 36.5 Å². The number of hydrogen-bond donors (Lipinski definition) is 0. The highest BCUT2D eigenvalue weighted by Gasteiger charge is 2.35. The lowest BCUT2D eigenvalue weighted by Crippen LogP contribution is -2.49. The van der Waals surface area contributed by atoms with E-state index in [1.165, 1.54) is 23.1 Å². The van der Waals surface area contributed by atoms with E-state index in [2.05, 4.69) is 20.3 Å². The molecule has 0 N–H and O–H groups in total. The fourth-order valence-corrected chi connectivity index (χ4v) is 4.70. The van der Waals surface area contributed by atoms with Gasteiger partial charge in [-0.3, -0.25) is 19.3 Å². The molecule has 1 saturated heterocycles. The van der Waals surface area contributed by atoms with Crippen molar-refractivity contribution in [2.75, 3.05) is 37.6 Å². The number of fused-ring (bicyclic) bond motifs is 2. The van der Waals surface area contributed by atoms with E-state index in [0.29, 0.717) is 60.0 Å². The van der Waals surface area contributed by atoms with Gasteiger partial charge in [0.05, 0.1) is 16.8 Å². The van der Waals surface area contributed by atoms with Crippen molar-refractivity contribution in [3.8, 4) is 5.69 Å². The molecule has 0 radical (unpaired) electrons. The van der Waals surface area contributed by atoms with E-state index >= 15 is 0 Å². The standard InChI is InChI=1S/C25H21FN8O3/c26-16-5-7-17(8-6-16)34-23-21(29-30-34)22(27-15-28-23)32-13-11-31(12-14-32)20(35)9-10-33-24(36)18-3-1-2-4-19(18)25(33)37/h1-8,15H,9-14H2. The van der Waals surface area contributed by atoms with Crippen LogP contribution in [-0.2, 0) is 4.79 Å². The lowest BCUT2D eigenvalue weighted by Gasteiger charge is -2.35. The van der Waals surface area contributed by atoms with Gasteiger partial charge in [0.15, 0.2) is 17.0 Å². The monoisotopic (exact) mass is 500 g/mol. The van der Waals surface area contributed by atoms with Crippen LogP contribution in [0, 0.1) is 5.82 Å². The summed E-state index contributed by atoms with van der Waals surface area (Å²) in [6, 6.07) is 12.6. The number of nitrogens with zero attached hydrogens (tertiary/aromatic N) is 8. The fourth-order valence-electron chi connectivity index (χ4n) is 4.70. The third kappa shape index (κ3) is 3.96. The van der Waals surface area contributed by atoms with E-state index in [4.69, 9.17) is 0 Å². The quantitative estimate of drug-likeness (QED) is 0.380. The first kappa shape index (κ1) is 22.7. The summed E-state index contributed by atoms with van der Waals surface area (Å²) in [6.07, 6.45) is 1.50. The minimum absolute atomic E-state index is 0.0460. The molecule has 1 fully saturated rings. The second-order valence-electron chi connectivity index (χ2n) is 8.77. The molecule has 3 amide bonds. The number of rotatable bonds is 5. The van der Waals surface area contributed by atoms with Crippen LogP contribution in [0.4, 0.5) is 10.2 Å². The van der Waals surface area contributed by atoms with Crippen LogP contribution in [0.3, 0.4) is 0 Å². The summed E-state index contributed by atoms with van der Waals surface area (Å²) in [5.41, 5.74) is 2.39. The van der Waals surface area contributed by atoms with Gasteiger partial charge in [0.1, 0.15) is 12.1 Å². The van der Waals surface area contributed by atoms with Crippen LogP contribution in [0.1, 0.15) is 27.1 Å². The average Bonchev–Trinajstić information content (AvgIpc) is 3.47. The summed E-state index contributed by atoms with van der Waals surface area (Å²) in [5, 5.41) is 8.43. The van der Waals surface area contributed by atoms with Gasteiger partial charge in [-0.05, 0) is 36.4 Å². The van der Waals surface area contributed by atoms with Crippen LogP contribution in [0.25, 0.3) is 16.9 Å². The second-order valence-corrected chi connectivity index (χ2v) is 8.77. The number of benzene rings is 2. The summed E-state index contributed by atoms with van der Waals surface area (Å²) in [4.78, 5) is 51.5. The van der Waals surface area contributed by atoms with Crippen LogP contribution in [0.2, 0.25) is 0 Å². The first-order chi connectivity index (χ1) is 18.0. The van der Waals surface area contributed by atoms with E-state index in [1.54, 1.807) is 41.3 Å². The Morgan fingerprint density at radius 2 is 1.57 bits per heavy atom. The number of piperazine rings is 1. The van der Waals surface area contributed by atoms with Crippen molar-refractivity contribution in [1.82, 2.24) is 34.8 Å². The molecule has 0 spiro atoms. The Morgan fingerprint density at radius 1 is 0.892 bits per heavy atom. The predicted molar refractivity (Wildman–Crippen MR) is 130 cm³/mol. The number of hydrogen-bond acceptors (Lipinski definition) is 8. The van der Waals surface area contributed by atoms with Gasteiger partial charge in [0, 0.05) is 39.1 Å². The smallest absolute Gasteiger partial charge is 0.261 e. The molecule has 0 unspecified atom stereocenters. The van der Waals surface area contributed by atoms with Crippen LogP contribution in [-0.4, -0.2) is 85.2 Å². The Bertz CT molecular complexity index is 1490. The molecule has 6 rings (SSSR count). The summed E-state index contributed by atoms with van der Waals surface area (Å²) in [5.74, 6) is -0.582. The topological polar surface area (TPSA) is 117 Å². The highest BCUT2D eigenvalue weighted by Crippen LogP contribution is 2.25. The van der Waals surface area contributed by atoms with Crippen LogP contribution < -0.4 is 4.90 Å². The summed E-state index contributed by atoms with van der Waals surface area (Å²) in [6.45, 7) is 2.00. The van der Waals surface area contributed by atoms with Crippen molar-refractivity contribution in [2.24, 2.45) is 0 Å². The molecule has 37 heavy (non-hydrogen) atoms. The van der Waals surface area contributed by atoms with Crippen molar-refractivity contribution in [1.29, 1.82) is 0 Å². The number of carbonyl (C=O) groups excluding carboxylic acids is 3. The zero-order valence-corrected chi connectivity index (χ0v) is 19.6. The van der Waals surface area contributed by atoms with Gasteiger partial charge in [-0.25, -0.2) is 14.4 Å². The van der Waals surface area contributed by atoms with Crippen LogP contribution >= 0.6 is 0 Å². The fraction of sp³-hybridized carbons (Fsp3) is 0.240. The maximum atomic E-state index is 13.3. The number of anilines is 1. The predicted octanol–water partition coefficient (Wildman–Crippen LogP) is 1.68. The first-order valence-corrected chi connectivity index (χ1v) is 11.8. The molecule has 0 saturated carbocycles. The molecule has 0 aliphatic carbocycles. The summed E-state index contributed by atoms with van der Waals surface area (Å²) >= 11 is 0. The third-order valence-electron chi connectivity index (χ3n) is 6.65. The minimum Gasteiger partial charge on any atom is -0.351 e. The second kappa shape index (κ2) is 9.04. The minimum atomic E-state index is -0.361. The Kier molecular flexibility index (Phi) is 5.55. The van der Waals surface area contributed by atoms with Crippen molar-refractivity contribution >= 4 is 34.7 Å². The van der Waals surface area contributed by atoms with Gasteiger partial charge in [0.25, 0.3) is 11.8 Å². The van der Waals surface area contributed by atoms with E-state index < -0.39 is 0 Å². The third-order valence-corrected chi connectivity index (χ3v) is 6.65. The molecule has 2 aliphatic rings.